The van der Waals surface area contributed by atoms with Gasteiger partial charge in [-0.3, -0.25) is 9.59 Å². The molecular formula is C36H52N2O8S2. The third-order valence-corrected chi connectivity index (χ3v) is 9.01. The lowest BCUT2D eigenvalue weighted by atomic mass is 10.0. The molecule has 0 bridgehead atoms. The molecule has 1 N–H and O–H groups in total. The quantitative estimate of drug-likeness (QED) is 0.152. The van der Waals surface area contributed by atoms with Gasteiger partial charge in [0.25, 0.3) is 11.8 Å². The number of nitrogens with one attached hydrogen (secondary N) is 1. The lowest BCUT2D eigenvalue weighted by Gasteiger charge is -2.27. The summed E-state index contributed by atoms with van der Waals surface area (Å²) in [6.07, 6.45) is 0.274. The molecule has 266 valence electrons. The summed E-state index contributed by atoms with van der Waals surface area (Å²) in [6.45, 7) is 18.8. The second-order valence-electron chi connectivity index (χ2n) is 14.2. The number of methoxy groups -OCH3 is 2. The molecule has 0 aliphatic rings. The number of carbonyl (C=O) groups is 4. The number of amides is 3. The van der Waals surface area contributed by atoms with E-state index in [-0.39, 0.29) is 23.9 Å². The van der Waals surface area contributed by atoms with Crippen molar-refractivity contribution in [2.75, 3.05) is 20.8 Å². The van der Waals surface area contributed by atoms with Gasteiger partial charge in [-0.15, -0.1) is 0 Å². The van der Waals surface area contributed by atoms with Crippen molar-refractivity contribution < 1.29 is 38.1 Å². The average molecular weight is 705 g/mol. The topological polar surface area (TPSA) is 120 Å². The number of carbonyl (C=O) groups excluding carboxylic acids is 4. The minimum absolute atomic E-state index is 0.118. The van der Waals surface area contributed by atoms with Gasteiger partial charge in [0.15, 0.2) is 0 Å². The number of nitrogens with zero attached hydrogens (tertiary/aromatic N) is 1. The second kappa shape index (κ2) is 17.9. The molecule has 3 amide bonds. The van der Waals surface area contributed by atoms with Crippen LogP contribution in [0.1, 0.15) is 103 Å². The molecule has 2 rings (SSSR count). The third-order valence-electron chi connectivity index (χ3n) is 6.57. The highest BCUT2D eigenvalue weighted by Crippen LogP contribution is 2.43. The van der Waals surface area contributed by atoms with E-state index in [2.05, 4.69) is 5.32 Å². The minimum Gasteiger partial charge on any atom is -0.497 e. The van der Waals surface area contributed by atoms with Crippen LogP contribution in [0, 0.1) is 11.8 Å². The number of hydrogen-bond donors (Lipinski definition) is 1. The Bertz CT molecular complexity index is 1430. The van der Waals surface area contributed by atoms with E-state index in [0.717, 1.165) is 4.90 Å². The molecule has 0 heterocycles. The normalized spacial score (nSPS) is 12.4. The average Bonchev–Trinajstić information content (AvgIpc) is 2.97. The van der Waals surface area contributed by atoms with Crippen molar-refractivity contribution in [1.82, 2.24) is 10.2 Å². The molecule has 12 heteroatoms. The third kappa shape index (κ3) is 13.3. The van der Waals surface area contributed by atoms with Crippen LogP contribution >= 0.6 is 21.6 Å². The molecule has 0 aliphatic carbocycles. The van der Waals surface area contributed by atoms with Crippen molar-refractivity contribution in [2.24, 2.45) is 11.8 Å². The van der Waals surface area contributed by atoms with Crippen LogP contribution in [0.4, 0.5) is 4.79 Å². The maximum atomic E-state index is 14.0. The van der Waals surface area contributed by atoms with Crippen LogP contribution in [0.25, 0.3) is 0 Å². The van der Waals surface area contributed by atoms with Gasteiger partial charge >= 0.3 is 12.1 Å². The predicted octanol–water partition coefficient (Wildman–Crippen LogP) is 8.41. The highest BCUT2D eigenvalue weighted by molar-refractivity contribution is 8.76. The summed E-state index contributed by atoms with van der Waals surface area (Å²) >= 11 is 0. The Balaban J connectivity index is 2.49. The van der Waals surface area contributed by atoms with Gasteiger partial charge in [-0.2, -0.15) is 0 Å². The summed E-state index contributed by atoms with van der Waals surface area (Å²) in [5, 5.41) is 2.87. The molecule has 0 spiro atoms. The highest BCUT2D eigenvalue weighted by atomic mass is 33.1. The van der Waals surface area contributed by atoms with Crippen LogP contribution in [0.5, 0.6) is 11.5 Å². The zero-order chi connectivity index (χ0) is 36.4. The molecular weight excluding hydrogens is 653 g/mol. The van der Waals surface area contributed by atoms with Crippen molar-refractivity contribution in [2.45, 2.75) is 109 Å². The van der Waals surface area contributed by atoms with Crippen molar-refractivity contribution in [3.63, 3.8) is 0 Å². The second-order valence-corrected chi connectivity index (χ2v) is 16.4. The van der Waals surface area contributed by atoms with Gasteiger partial charge in [-0.1, -0.05) is 49.3 Å². The maximum absolute atomic E-state index is 14.0. The molecule has 48 heavy (non-hydrogen) atoms. The Morgan fingerprint density at radius 3 is 1.71 bits per heavy atom. The molecule has 2 aromatic rings. The first kappa shape index (κ1) is 40.8. The standard InChI is InChI=1S/C36H52N2O8S2/c1-22(2)17-18-38(34(42)46-36(8,9)10)32(40)27-16-14-25(44-12)21-30(27)48-47-29-20-24(43-11)13-15-26(29)31(39)37-28(19-23(3)4)33(41)45-35(5,6)7/h13-16,20-23,28H,17-19H2,1-12H3,(H,37,39). The molecule has 0 saturated carbocycles. The van der Waals surface area contributed by atoms with Crippen LogP contribution in [0.2, 0.25) is 0 Å². The van der Waals surface area contributed by atoms with Gasteiger partial charge in [-0.05, 0) is 103 Å². The molecule has 1 atom stereocenters. The van der Waals surface area contributed by atoms with Crippen molar-refractivity contribution >= 4 is 45.5 Å². The van der Waals surface area contributed by atoms with Crippen LogP contribution < -0.4 is 14.8 Å². The lowest BCUT2D eigenvalue weighted by Crippen LogP contribution is -2.45. The van der Waals surface area contributed by atoms with Gasteiger partial charge in [0.05, 0.1) is 25.3 Å². The van der Waals surface area contributed by atoms with E-state index >= 15 is 0 Å². The fourth-order valence-electron chi connectivity index (χ4n) is 4.27. The number of esters is 1. The molecule has 0 aromatic heterocycles. The van der Waals surface area contributed by atoms with Crippen LogP contribution in [-0.2, 0) is 14.3 Å². The minimum atomic E-state index is -0.850. The van der Waals surface area contributed by atoms with E-state index in [4.69, 9.17) is 18.9 Å². The highest BCUT2D eigenvalue weighted by Gasteiger charge is 2.31. The van der Waals surface area contributed by atoms with E-state index in [1.165, 1.54) is 35.8 Å². The Kier molecular flexibility index (Phi) is 15.2. The van der Waals surface area contributed by atoms with E-state index in [0.29, 0.717) is 39.7 Å². The number of imide groups is 1. The first-order valence-electron chi connectivity index (χ1n) is 16.0. The Labute approximate surface area is 293 Å². The predicted molar refractivity (Wildman–Crippen MR) is 191 cm³/mol. The van der Waals surface area contributed by atoms with Gasteiger partial charge in [0.1, 0.15) is 28.7 Å². The number of hydrogen-bond acceptors (Lipinski definition) is 10. The Morgan fingerprint density at radius 1 is 0.750 bits per heavy atom. The largest absolute Gasteiger partial charge is 0.497 e. The maximum Gasteiger partial charge on any atom is 0.417 e. The summed E-state index contributed by atoms with van der Waals surface area (Å²) in [5.74, 6) is -0.0697. The van der Waals surface area contributed by atoms with Gasteiger partial charge < -0.3 is 24.3 Å². The van der Waals surface area contributed by atoms with Crippen molar-refractivity contribution in [3.05, 3.63) is 47.5 Å². The monoisotopic (exact) mass is 704 g/mol. The smallest absolute Gasteiger partial charge is 0.417 e. The molecule has 0 radical (unpaired) electrons. The SMILES string of the molecule is COc1ccc(C(=O)NC(CC(C)C)C(=O)OC(C)(C)C)c(SSc2cc(OC)ccc2C(=O)N(CCC(C)C)C(=O)OC(C)(C)C)c1. The summed E-state index contributed by atoms with van der Waals surface area (Å²) in [6, 6.07) is 9.16. The van der Waals surface area contributed by atoms with E-state index in [1.807, 2.05) is 27.7 Å². The van der Waals surface area contributed by atoms with Gasteiger partial charge in [0, 0.05) is 16.3 Å². The van der Waals surface area contributed by atoms with E-state index < -0.39 is 41.1 Å². The first-order chi connectivity index (χ1) is 22.2. The number of ether oxygens (including phenoxy) is 4. The van der Waals surface area contributed by atoms with Crippen LogP contribution in [-0.4, -0.2) is 66.8 Å². The van der Waals surface area contributed by atoms with Crippen molar-refractivity contribution in [1.29, 1.82) is 0 Å². The van der Waals surface area contributed by atoms with Crippen LogP contribution in [0.3, 0.4) is 0 Å². The number of benzene rings is 2. The molecule has 0 fully saturated rings. The summed E-state index contributed by atoms with van der Waals surface area (Å²) in [7, 11) is 5.51. The lowest BCUT2D eigenvalue weighted by molar-refractivity contribution is -0.157. The van der Waals surface area contributed by atoms with Crippen molar-refractivity contribution in [3.8, 4) is 11.5 Å². The van der Waals surface area contributed by atoms with Gasteiger partial charge in [0.2, 0.25) is 0 Å². The van der Waals surface area contributed by atoms with Crippen LogP contribution in [0.15, 0.2) is 46.2 Å². The molecule has 2 aromatic carbocycles. The summed E-state index contributed by atoms with van der Waals surface area (Å²) in [5.41, 5.74) is -0.913. The molecule has 0 saturated heterocycles. The van der Waals surface area contributed by atoms with E-state index in [9.17, 15) is 19.2 Å². The Morgan fingerprint density at radius 2 is 1.25 bits per heavy atom. The summed E-state index contributed by atoms with van der Waals surface area (Å²) in [4.78, 5) is 56.2. The van der Waals surface area contributed by atoms with Gasteiger partial charge in [-0.25, -0.2) is 14.5 Å². The number of rotatable bonds is 14. The van der Waals surface area contributed by atoms with E-state index in [1.54, 1.807) is 77.9 Å². The summed E-state index contributed by atoms with van der Waals surface area (Å²) < 4.78 is 22.1. The molecule has 1 unspecified atom stereocenters. The zero-order valence-corrected chi connectivity index (χ0v) is 32.0. The fourth-order valence-corrected chi connectivity index (χ4v) is 6.64. The Hall–Kier alpha value is -3.38. The fraction of sp³-hybridized carbons (Fsp3) is 0.556. The first-order valence-corrected chi connectivity index (χ1v) is 18.2. The molecule has 0 aliphatic heterocycles. The molecule has 10 nitrogen and oxygen atoms in total. The zero-order valence-electron chi connectivity index (χ0n) is 30.3.